The van der Waals surface area contributed by atoms with Crippen molar-refractivity contribution in [3.63, 3.8) is 0 Å². The fourth-order valence-corrected chi connectivity index (χ4v) is 3.70. The number of nitrogens with one attached hydrogen (secondary N) is 1. The van der Waals surface area contributed by atoms with E-state index in [0.29, 0.717) is 12.1 Å². The highest BCUT2D eigenvalue weighted by Crippen LogP contribution is 2.34. The second-order valence-corrected chi connectivity index (χ2v) is 6.76. The summed E-state index contributed by atoms with van der Waals surface area (Å²) in [5, 5.41) is 4.49. The monoisotopic (exact) mass is 308 g/mol. The van der Waals surface area contributed by atoms with Crippen molar-refractivity contribution in [3.8, 4) is 5.75 Å². The van der Waals surface area contributed by atoms with Gasteiger partial charge < -0.3 is 10.1 Å². The molecule has 2 atom stereocenters. The highest BCUT2D eigenvalue weighted by Gasteiger charge is 2.26. The van der Waals surface area contributed by atoms with Gasteiger partial charge in [0.1, 0.15) is 5.75 Å². The van der Waals surface area contributed by atoms with Crippen LogP contribution in [0.3, 0.4) is 0 Å². The van der Waals surface area contributed by atoms with Gasteiger partial charge in [0, 0.05) is 48.7 Å². The molecule has 0 aromatic heterocycles. The molecule has 1 saturated heterocycles. The van der Waals surface area contributed by atoms with Crippen molar-refractivity contribution < 1.29 is 4.74 Å². The molecule has 0 bridgehead atoms. The van der Waals surface area contributed by atoms with Gasteiger partial charge in [-0.3, -0.25) is 4.90 Å². The van der Waals surface area contributed by atoms with Crippen molar-refractivity contribution in [2.45, 2.75) is 51.7 Å². The molecule has 116 valence electrons. The predicted octanol–water partition coefficient (Wildman–Crippen LogP) is 3.24. The van der Waals surface area contributed by atoms with Crippen LogP contribution in [0.25, 0.3) is 0 Å². The van der Waals surface area contributed by atoms with Crippen LogP contribution in [-0.4, -0.2) is 36.7 Å². The topological polar surface area (TPSA) is 24.5 Å². The second-order valence-electron chi connectivity index (χ2n) is 6.32. The van der Waals surface area contributed by atoms with Crippen LogP contribution in [0, 0.1) is 0 Å². The van der Waals surface area contributed by atoms with Crippen LogP contribution < -0.4 is 10.1 Å². The van der Waals surface area contributed by atoms with Gasteiger partial charge in [0.05, 0.1) is 6.61 Å². The van der Waals surface area contributed by atoms with Gasteiger partial charge in [-0.15, -0.1) is 0 Å². The molecular weight excluding hydrogens is 284 g/mol. The molecule has 1 aromatic carbocycles. The average Bonchev–Trinajstić information content (AvgIpc) is 2.91. The third kappa shape index (κ3) is 3.36. The zero-order valence-electron chi connectivity index (χ0n) is 13.0. The number of halogens is 1. The summed E-state index contributed by atoms with van der Waals surface area (Å²) in [5.74, 6) is 1.08. The van der Waals surface area contributed by atoms with Gasteiger partial charge in [0.25, 0.3) is 0 Å². The van der Waals surface area contributed by atoms with Crippen molar-refractivity contribution in [1.29, 1.82) is 0 Å². The molecule has 3 nitrogen and oxygen atoms in total. The van der Waals surface area contributed by atoms with Crippen molar-refractivity contribution in [1.82, 2.24) is 10.2 Å². The number of nitrogens with zero attached hydrogens (tertiary/aromatic N) is 1. The van der Waals surface area contributed by atoms with Crippen LogP contribution >= 0.6 is 11.6 Å². The summed E-state index contributed by atoms with van der Waals surface area (Å²) in [6, 6.07) is 5.29. The average molecular weight is 309 g/mol. The van der Waals surface area contributed by atoms with E-state index in [-0.39, 0.29) is 0 Å². The van der Waals surface area contributed by atoms with E-state index in [9.17, 15) is 0 Å². The zero-order valence-corrected chi connectivity index (χ0v) is 13.7. The molecule has 0 aliphatic carbocycles. The van der Waals surface area contributed by atoms with Gasteiger partial charge in [-0.05, 0) is 31.0 Å². The Morgan fingerprint density at radius 3 is 3.10 bits per heavy atom. The van der Waals surface area contributed by atoms with Gasteiger partial charge in [-0.25, -0.2) is 0 Å². The van der Waals surface area contributed by atoms with E-state index < -0.39 is 0 Å². The first-order valence-electron chi connectivity index (χ1n) is 8.09. The van der Waals surface area contributed by atoms with Crippen LogP contribution in [0.15, 0.2) is 12.1 Å². The van der Waals surface area contributed by atoms with Crippen molar-refractivity contribution >= 4 is 11.6 Å². The molecule has 0 spiro atoms. The third-order valence-electron chi connectivity index (χ3n) is 4.62. The van der Waals surface area contributed by atoms with Gasteiger partial charge in [0.2, 0.25) is 0 Å². The molecule has 0 radical (unpaired) electrons. The first kappa shape index (κ1) is 15.1. The second kappa shape index (κ2) is 6.55. The Hall–Kier alpha value is -0.770. The molecule has 2 aliphatic heterocycles. The van der Waals surface area contributed by atoms with Crippen LogP contribution in [0.5, 0.6) is 5.75 Å². The van der Waals surface area contributed by atoms with Gasteiger partial charge >= 0.3 is 0 Å². The number of fused-ring (bicyclic) bond motifs is 1. The normalized spacial score (nSPS) is 25.7. The molecule has 3 rings (SSSR count). The Bertz CT molecular complexity index is 506. The van der Waals surface area contributed by atoms with Crippen LogP contribution in [-0.2, 0) is 13.0 Å². The highest BCUT2D eigenvalue weighted by molar-refractivity contribution is 6.30. The van der Waals surface area contributed by atoms with Gasteiger partial charge in [0.15, 0.2) is 0 Å². The molecule has 4 heteroatoms. The summed E-state index contributed by atoms with van der Waals surface area (Å²) < 4.78 is 5.83. The minimum atomic E-state index is 0.550. The molecule has 0 saturated carbocycles. The van der Waals surface area contributed by atoms with Gasteiger partial charge in [-0.1, -0.05) is 24.9 Å². The molecule has 1 aromatic rings. The summed E-state index contributed by atoms with van der Waals surface area (Å²) in [6.07, 6.45) is 3.46. The van der Waals surface area contributed by atoms with E-state index in [4.69, 9.17) is 16.3 Å². The lowest BCUT2D eigenvalue weighted by Gasteiger charge is -2.39. The summed E-state index contributed by atoms with van der Waals surface area (Å²) in [4.78, 5) is 2.56. The largest absolute Gasteiger partial charge is 0.493 e. The Labute approximate surface area is 132 Å². The predicted molar refractivity (Wildman–Crippen MR) is 87.2 cm³/mol. The number of ether oxygens (including phenoxy) is 1. The number of piperazine rings is 1. The number of rotatable bonds is 4. The Morgan fingerprint density at radius 1 is 1.43 bits per heavy atom. The standard InChI is InChI=1S/C17H25ClN2O/c1-3-4-16-11-20(12(2)9-19-16)10-14-8-15(18)7-13-5-6-21-17(13)14/h7-8,12,16,19H,3-6,9-11H2,1-2H3. The maximum atomic E-state index is 6.27. The third-order valence-corrected chi connectivity index (χ3v) is 4.83. The van der Waals surface area contributed by atoms with Crippen molar-refractivity contribution in [2.24, 2.45) is 0 Å². The first-order chi connectivity index (χ1) is 10.2. The Morgan fingerprint density at radius 2 is 2.29 bits per heavy atom. The summed E-state index contributed by atoms with van der Waals surface area (Å²) in [5.41, 5.74) is 2.52. The molecule has 21 heavy (non-hydrogen) atoms. The lowest BCUT2D eigenvalue weighted by atomic mass is 10.0. The van der Waals surface area contributed by atoms with E-state index in [2.05, 4.69) is 36.2 Å². The summed E-state index contributed by atoms with van der Waals surface area (Å²) in [7, 11) is 0. The van der Waals surface area contributed by atoms with Gasteiger partial charge in [-0.2, -0.15) is 0 Å². The minimum Gasteiger partial charge on any atom is -0.493 e. The maximum absolute atomic E-state index is 6.27. The molecule has 2 heterocycles. The lowest BCUT2D eigenvalue weighted by molar-refractivity contribution is 0.128. The van der Waals surface area contributed by atoms with E-state index >= 15 is 0 Å². The van der Waals surface area contributed by atoms with Crippen LogP contribution in [0.4, 0.5) is 0 Å². The Kier molecular flexibility index (Phi) is 4.72. The van der Waals surface area contributed by atoms with Crippen molar-refractivity contribution in [3.05, 3.63) is 28.3 Å². The molecule has 1 N–H and O–H groups in total. The van der Waals surface area contributed by atoms with E-state index in [1.807, 2.05) is 0 Å². The maximum Gasteiger partial charge on any atom is 0.127 e. The van der Waals surface area contributed by atoms with E-state index in [1.165, 1.54) is 24.0 Å². The SMILES string of the molecule is CCCC1CN(Cc2cc(Cl)cc3c2OCC3)C(C)CN1. The number of hydrogen-bond acceptors (Lipinski definition) is 3. The van der Waals surface area contributed by atoms with E-state index in [1.54, 1.807) is 0 Å². The zero-order chi connectivity index (χ0) is 14.8. The minimum absolute atomic E-state index is 0.550. The van der Waals surface area contributed by atoms with Crippen molar-refractivity contribution in [2.75, 3.05) is 19.7 Å². The number of hydrogen-bond donors (Lipinski definition) is 1. The smallest absolute Gasteiger partial charge is 0.127 e. The summed E-state index contributed by atoms with van der Waals surface area (Å²) in [6.45, 7) is 8.44. The highest BCUT2D eigenvalue weighted by atomic mass is 35.5. The van der Waals surface area contributed by atoms with Crippen LogP contribution in [0.2, 0.25) is 5.02 Å². The lowest BCUT2D eigenvalue weighted by Crippen LogP contribution is -2.54. The number of benzene rings is 1. The molecule has 2 unspecified atom stereocenters. The summed E-state index contributed by atoms with van der Waals surface area (Å²) >= 11 is 6.27. The quantitative estimate of drug-likeness (QED) is 0.924. The Balaban J connectivity index is 1.76. The first-order valence-corrected chi connectivity index (χ1v) is 8.46. The van der Waals surface area contributed by atoms with Crippen LogP contribution in [0.1, 0.15) is 37.8 Å². The molecule has 2 aliphatic rings. The molecular formula is C17H25ClN2O. The fraction of sp³-hybridized carbons (Fsp3) is 0.647. The molecule has 1 fully saturated rings. The van der Waals surface area contributed by atoms with E-state index in [0.717, 1.165) is 43.4 Å². The molecule has 0 amide bonds. The fourth-order valence-electron chi connectivity index (χ4n) is 3.44.